The first-order valence-corrected chi connectivity index (χ1v) is 14.1. The van der Waals surface area contributed by atoms with Crippen molar-refractivity contribution in [3.63, 3.8) is 0 Å². The summed E-state index contributed by atoms with van der Waals surface area (Å²) in [6.07, 6.45) is 11.2. The lowest BCUT2D eigenvalue weighted by atomic mass is 9.77. The second kappa shape index (κ2) is 11.4. The Morgan fingerprint density at radius 1 is 0.921 bits per heavy atom. The van der Waals surface area contributed by atoms with Crippen LogP contribution in [0.15, 0.2) is 54.6 Å². The first kappa shape index (κ1) is 26.6. The summed E-state index contributed by atoms with van der Waals surface area (Å²) in [4.78, 5) is 47.5. The van der Waals surface area contributed by atoms with Crippen LogP contribution in [0.4, 0.5) is 0 Å². The first-order chi connectivity index (χ1) is 18.5. The smallest absolute Gasteiger partial charge is 0.249 e. The van der Waals surface area contributed by atoms with Gasteiger partial charge in [-0.3, -0.25) is 14.4 Å². The molecule has 2 saturated heterocycles. The molecule has 1 aromatic rings. The maximum Gasteiger partial charge on any atom is 0.249 e. The van der Waals surface area contributed by atoms with Crippen molar-refractivity contribution in [2.45, 2.75) is 63.3 Å². The van der Waals surface area contributed by atoms with Crippen LogP contribution in [0.25, 0.3) is 0 Å². The molecule has 1 N–H and O–H groups in total. The Hall–Kier alpha value is -2.97. The van der Waals surface area contributed by atoms with Gasteiger partial charge in [0.1, 0.15) is 11.6 Å². The first-order valence-electron chi connectivity index (χ1n) is 14.1. The Morgan fingerprint density at radius 2 is 1.68 bits per heavy atom. The van der Waals surface area contributed by atoms with Crippen molar-refractivity contribution in [3.8, 4) is 0 Å². The van der Waals surface area contributed by atoms with Gasteiger partial charge in [0.25, 0.3) is 0 Å². The number of nitrogens with zero attached hydrogens (tertiary/aromatic N) is 3. The Morgan fingerprint density at radius 3 is 2.45 bits per heavy atom. The van der Waals surface area contributed by atoms with E-state index in [9.17, 15) is 14.4 Å². The van der Waals surface area contributed by atoms with Crippen molar-refractivity contribution in [2.24, 2.45) is 11.8 Å². The van der Waals surface area contributed by atoms with E-state index in [-0.39, 0.29) is 24.3 Å². The number of unbranched alkanes of at least 4 members (excludes halogenated alkanes) is 3. The lowest BCUT2D eigenvalue weighted by Gasteiger charge is -2.35. The van der Waals surface area contributed by atoms with Crippen molar-refractivity contribution in [1.29, 1.82) is 0 Å². The van der Waals surface area contributed by atoms with Gasteiger partial charge in [-0.1, -0.05) is 74.4 Å². The van der Waals surface area contributed by atoms with Crippen molar-refractivity contribution in [2.75, 3.05) is 32.8 Å². The third-order valence-corrected chi connectivity index (χ3v) is 8.34. The van der Waals surface area contributed by atoms with E-state index in [2.05, 4.69) is 0 Å². The highest BCUT2D eigenvalue weighted by Crippen LogP contribution is 2.53. The van der Waals surface area contributed by atoms with Crippen LogP contribution in [0.2, 0.25) is 0 Å². The number of hydrogen-bond acceptors (Lipinski definition) is 5. The maximum atomic E-state index is 14.2. The third-order valence-electron chi connectivity index (χ3n) is 8.34. The SMILES string of the molecule is CCCN1CC=C[C@H]2O[C@]34C=CCN(Cc5ccccc5)C(=O)C3N(CCCCCCO)C(=O)[C@@H]4[C@H]2C1=O. The van der Waals surface area contributed by atoms with E-state index >= 15 is 0 Å². The zero-order valence-electron chi connectivity index (χ0n) is 22.2. The highest BCUT2D eigenvalue weighted by atomic mass is 16.5. The van der Waals surface area contributed by atoms with E-state index in [0.29, 0.717) is 32.7 Å². The van der Waals surface area contributed by atoms with E-state index in [0.717, 1.165) is 37.7 Å². The number of ether oxygens (including phenoxy) is 1. The van der Waals surface area contributed by atoms with E-state index in [4.69, 9.17) is 9.84 Å². The molecule has 204 valence electrons. The van der Waals surface area contributed by atoms with E-state index < -0.39 is 29.6 Å². The average Bonchev–Trinajstić information content (AvgIpc) is 3.24. The molecule has 38 heavy (non-hydrogen) atoms. The number of carbonyl (C=O) groups is 3. The second-order valence-corrected chi connectivity index (χ2v) is 10.8. The van der Waals surface area contributed by atoms with Crippen LogP contribution in [0.3, 0.4) is 0 Å². The number of rotatable bonds is 10. The van der Waals surface area contributed by atoms with Crippen LogP contribution in [-0.2, 0) is 25.7 Å². The van der Waals surface area contributed by atoms with Gasteiger partial charge in [-0.15, -0.1) is 0 Å². The molecule has 0 aromatic heterocycles. The van der Waals surface area contributed by atoms with Gasteiger partial charge >= 0.3 is 0 Å². The average molecular weight is 522 g/mol. The van der Waals surface area contributed by atoms with Crippen LogP contribution < -0.4 is 0 Å². The minimum atomic E-state index is -1.17. The van der Waals surface area contributed by atoms with Crippen LogP contribution in [0.5, 0.6) is 0 Å². The van der Waals surface area contributed by atoms with Crippen LogP contribution in [-0.4, -0.2) is 88.1 Å². The summed E-state index contributed by atoms with van der Waals surface area (Å²) in [6.45, 7) is 4.60. The zero-order valence-corrected chi connectivity index (χ0v) is 22.2. The van der Waals surface area contributed by atoms with Crippen molar-refractivity contribution in [1.82, 2.24) is 14.7 Å². The van der Waals surface area contributed by atoms with Crippen LogP contribution >= 0.6 is 0 Å². The molecule has 1 spiro atoms. The highest BCUT2D eigenvalue weighted by molar-refractivity contribution is 5.99. The molecule has 8 nitrogen and oxygen atoms in total. The second-order valence-electron chi connectivity index (χ2n) is 10.8. The molecular formula is C30H39N3O5. The molecular weight excluding hydrogens is 482 g/mol. The number of hydrogen-bond donors (Lipinski definition) is 1. The summed E-state index contributed by atoms with van der Waals surface area (Å²) >= 11 is 0. The van der Waals surface area contributed by atoms with Gasteiger partial charge in [0.05, 0.1) is 17.9 Å². The Balaban J connectivity index is 1.49. The van der Waals surface area contributed by atoms with Crippen LogP contribution in [0, 0.1) is 11.8 Å². The Labute approximate surface area is 224 Å². The number of aliphatic hydroxyl groups excluding tert-OH is 1. The number of benzene rings is 1. The largest absolute Gasteiger partial charge is 0.396 e. The zero-order chi connectivity index (χ0) is 26.7. The number of carbonyl (C=O) groups excluding carboxylic acids is 3. The standard InChI is InChI=1S/C30H39N3O5/c1-2-16-31-17-10-14-23-24(27(31)35)25-28(36)33(19-8-3-4-9-20-34)26-29(37)32(18-11-15-30(25,26)38-23)21-22-12-6-5-7-13-22/h5-7,10-15,23-26,34H,2-4,8-9,16-21H2,1H3/t23-,24+,25+,26?,30+/m1/s1. The minimum absolute atomic E-state index is 0.0631. The van der Waals surface area contributed by atoms with Gasteiger partial charge in [-0.2, -0.15) is 0 Å². The fourth-order valence-corrected chi connectivity index (χ4v) is 6.64. The summed E-state index contributed by atoms with van der Waals surface area (Å²) in [5.41, 5.74) is -0.151. The molecule has 8 heteroatoms. The topological polar surface area (TPSA) is 90.4 Å². The predicted molar refractivity (Wildman–Crippen MR) is 143 cm³/mol. The molecule has 5 rings (SSSR count). The van der Waals surface area contributed by atoms with Gasteiger partial charge in [0.2, 0.25) is 17.7 Å². The highest BCUT2D eigenvalue weighted by Gasteiger charge is 2.71. The summed E-state index contributed by atoms with van der Waals surface area (Å²) in [5, 5.41) is 9.14. The lowest BCUT2D eigenvalue weighted by Crippen LogP contribution is -2.55. The van der Waals surface area contributed by atoms with Gasteiger partial charge < -0.3 is 24.5 Å². The van der Waals surface area contributed by atoms with Crippen molar-refractivity contribution in [3.05, 3.63) is 60.2 Å². The summed E-state index contributed by atoms with van der Waals surface area (Å²) in [6, 6.07) is 9.04. The van der Waals surface area contributed by atoms with Gasteiger partial charge in [0, 0.05) is 39.3 Å². The van der Waals surface area contributed by atoms with E-state index in [1.165, 1.54) is 0 Å². The maximum absolute atomic E-state index is 14.2. The number of amides is 3. The molecule has 1 aromatic carbocycles. The fourth-order valence-electron chi connectivity index (χ4n) is 6.64. The lowest BCUT2D eigenvalue weighted by molar-refractivity contribution is -0.148. The molecule has 2 fully saturated rings. The predicted octanol–water partition coefficient (Wildman–Crippen LogP) is 2.53. The molecule has 4 aliphatic heterocycles. The molecule has 4 heterocycles. The summed E-state index contributed by atoms with van der Waals surface area (Å²) in [5.74, 6) is -1.74. The summed E-state index contributed by atoms with van der Waals surface area (Å²) < 4.78 is 6.69. The van der Waals surface area contributed by atoms with E-state index in [1.807, 2.05) is 66.5 Å². The fraction of sp³-hybridized carbons (Fsp3) is 0.567. The summed E-state index contributed by atoms with van der Waals surface area (Å²) in [7, 11) is 0. The quantitative estimate of drug-likeness (QED) is 0.378. The molecule has 0 radical (unpaired) electrons. The Kier molecular flexibility index (Phi) is 8.00. The van der Waals surface area contributed by atoms with Gasteiger partial charge in [-0.25, -0.2) is 0 Å². The van der Waals surface area contributed by atoms with Crippen molar-refractivity contribution >= 4 is 17.7 Å². The minimum Gasteiger partial charge on any atom is -0.396 e. The Bertz CT molecular complexity index is 1090. The van der Waals surface area contributed by atoms with E-state index in [1.54, 1.807) is 9.80 Å². The van der Waals surface area contributed by atoms with Crippen molar-refractivity contribution < 1.29 is 24.2 Å². The monoisotopic (exact) mass is 521 g/mol. The molecule has 3 amide bonds. The molecule has 5 atom stereocenters. The molecule has 0 bridgehead atoms. The molecule has 0 saturated carbocycles. The van der Waals surface area contributed by atoms with Gasteiger partial charge in [0.15, 0.2) is 0 Å². The molecule has 4 aliphatic rings. The number of fused-ring (bicyclic) bond motifs is 2. The third kappa shape index (κ3) is 4.69. The number of aliphatic hydroxyl groups is 1. The molecule has 1 unspecified atom stereocenters. The van der Waals surface area contributed by atoms with Gasteiger partial charge in [-0.05, 0) is 24.8 Å². The van der Waals surface area contributed by atoms with Crippen LogP contribution in [0.1, 0.15) is 44.6 Å². The number of likely N-dealkylation sites (tertiary alicyclic amines) is 1. The normalized spacial score (nSPS) is 30.4. The molecule has 0 aliphatic carbocycles.